The maximum absolute atomic E-state index is 6.15. The van der Waals surface area contributed by atoms with Gasteiger partial charge < -0.3 is 9.32 Å². The first kappa shape index (κ1) is 34.8. The lowest BCUT2D eigenvalue weighted by Crippen LogP contribution is -2.14. The Labute approximate surface area is 345 Å². The standard InChI is InChI=1S/C57H41NO/c1-57(2)53-19-11-9-17-49(53)51-36-42(25-31-54(51)57)40-21-27-46(28-22-40)58(48-34-44(38-13-5-3-6-14-38)33-45(35-48)39-15-7-4-8-16-39)47-29-23-41(24-30-47)43-26-32-56-52(37-43)50-18-10-12-20-55(50)59-56/h3-37H,1-2H3. The predicted molar refractivity (Wildman–Crippen MR) is 248 cm³/mol. The van der Waals surface area contributed by atoms with E-state index in [1.54, 1.807) is 0 Å². The average molecular weight is 756 g/mol. The van der Waals surface area contributed by atoms with Crippen molar-refractivity contribution >= 4 is 39.0 Å². The minimum absolute atomic E-state index is 0.0162. The van der Waals surface area contributed by atoms with Crippen LogP contribution in [0.15, 0.2) is 217 Å². The molecule has 0 radical (unpaired) electrons. The smallest absolute Gasteiger partial charge is 0.135 e. The van der Waals surface area contributed by atoms with E-state index in [2.05, 4.69) is 219 Å². The highest BCUT2D eigenvalue weighted by Crippen LogP contribution is 2.50. The fraction of sp³-hybridized carbons (Fsp3) is 0.0526. The zero-order valence-electron chi connectivity index (χ0n) is 33.1. The summed E-state index contributed by atoms with van der Waals surface area (Å²) >= 11 is 0. The van der Waals surface area contributed by atoms with Crippen LogP contribution in [0, 0.1) is 0 Å². The Kier molecular flexibility index (Phi) is 8.20. The fourth-order valence-electron chi connectivity index (χ4n) is 9.19. The highest BCUT2D eigenvalue weighted by Gasteiger charge is 2.35. The third-order valence-corrected chi connectivity index (χ3v) is 12.3. The van der Waals surface area contributed by atoms with Crippen LogP contribution in [0.25, 0.3) is 77.6 Å². The van der Waals surface area contributed by atoms with Crippen LogP contribution < -0.4 is 4.90 Å². The summed E-state index contributed by atoms with van der Waals surface area (Å²) in [7, 11) is 0. The molecular weight excluding hydrogens is 715 g/mol. The Bertz CT molecular complexity index is 3100. The lowest BCUT2D eigenvalue weighted by Gasteiger charge is -2.27. The van der Waals surface area contributed by atoms with Gasteiger partial charge in [0.25, 0.3) is 0 Å². The average Bonchev–Trinajstić information content (AvgIpc) is 3.78. The van der Waals surface area contributed by atoms with Crippen LogP contribution in [0.4, 0.5) is 17.1 Å². The fourth-order valence-corrected chi connectivity index (χ4v) is 9.19. The van der Waals surface area contributed by atoms with Crippen molar-refractivity contribution in [2.75, 3.05) is 4.90 Å². The van der Waals surface area contributed by atoms with Crippen LogP contribution in [0.1, 0.15) is 25.0 Å². The predicted octanol–water partition coefficient (Wildman–Crippen LogP) is 16.0. The van der Waals surface area contributed by atoms with Crippen LogP contribution in [0.3, 0.4) is 0 Å². The molecule has 1 aliphatic carbocycles. The lowest BCUT2D eigenvalue weighted by molar-refractivity contribution is 0.660. The van der Waals surface area contributed by atoms with Gasteiger partial charge >= 0.3 is 0 Å². The zero-order chi connectivity index (χ0) is 39.5. The summed E-state index contributed by atoms with van der Waals surface area (Å²) in [5.41, 5.74) is 19.9. The first-order chi connectivity index (χ1) is 29.0. The zero-order valence-corrected chi connectivity index (χ0v) is 33.1. The van der Waals surface area contributed by atoms with Crippen LogP contribution in [-0.2, 0) is 5.41 Å². The first-order valence-corrected chi connectivity index (χ1v) is 20.4. The molecule has 0 N–H and O–H groups in total. The highest BCUT2D eigenvalue weighted by molar-refractivity contribution is 6.06. The first-order valence-electron chi connectivity index (χ1n) is 20.4. The minimum atomic E-state index is -0.0162. The number of rotatable bonds is 7. The van der Waals surface area contributed by atoms with Crippen molar-refractivity contribution in [2.45, 2.75) is 19.3 Å². The van der Waals surface area contributed by atoms with Gasteiger partial charge in [-0.25, -0.2) is 0 Å². The molecule has 10 aromatic rings. The number of fused-ring (bicyclic) bond motifs is 6. The maximum Gasteiger partial charge on any atom is 0.135 e. The van der Waals surface area contributed by atoms with Gasteiger partial charge in [0, 0.05) is 33.2 Å². The number of furan rings is 1. The normalized spacial score (nSPS) is 12.7. The molecule has 0 saturated carbocycles. The highest BCUT2D eigenvalue weighted by atomic mass is 16.3. The van der Waals surface area contributed by atoms with E-state index < -0.39 is 0 Å². The molecule has 0 saturated heterocycles. The molecule has 11 rings (SSSR count). The van der Waals surface area contributed by atoms with Gasteiger partial charge in [0.05, 0.1) is 0 Å². The van der Waals surface area contributed by atoms with E-state index in [4.69, 9.17) is 4.42 Å². The molecule has 1 aromatic heterocycles. The van der Waals surface area contributed by atoms with E-state index in [0.717, 1.165) is 50.1 Å². The SMILES string of the molecule is CC1(C)c2ccccc2-c2cc(-c3ccc(N(c4ccc(-c5ccc6oc7ccccc7c6c5)cc4)c4cc(-c5ccccc5)cc(-c5ccccc5)c4)cc3)ccc21. The Morgan fingerprint density at radius 2 is 0.814 bits per heavy atom. The lowest BCUT2D eigenvalue weighted by atomic mass is 9.82. The molecule has 0 atom stereocenters. The molecule has 59 heavy (non-hydrogen) atoms. The van der Waals surface area contributed by atoms with E-state index in [0.29, 0.717) is 0 Å². The Morgan fingerprint density at radius 3 is 1.47 bits per heavy atom. The van der Waals surface area contributed by atoms with E-state index in [-0.39, 0.29) is 5.41 Å². The molecule has 2 nitrogen and oxygen atoms in total. The van der Waals surface area contributed by atoms with Gasteiger partial charge in [0.15, 0.2) is 0 Å². The molecule has 0 bridgehead atoms. The minimum Gasteiger partial charge on any atom is -0.456 e. The maximum atomic E-state index is 6.15. The van der Waals surface area contributed by atoms with Crippen molar-refractivity contribution in [2.24, 2.45) is 0 Å². The van der Waals surface area contributed by atoms with Crippen LogP contribution in [-0.4, -0.2) is 0 Å². The molecule has 9 aromatic carbocycles. The van der Waals surface area contributed by atoms with Crippen molar-refractivity contribution in [3.05, 3.63) is 223 Å². The molecule has 0 spiro atoms. The van der Waals surface area contributed by atoms with Crippen molar-refractivity contribution < 1.29 is 4.42 Å². The third kappa shape index (κ3) is 6.04. The summed E-state index contributed by atoms with van der Waals surface area (Å²) in [5.74, 6) is 0. The monoisotopic (exact) mass is 755 g/mol. The number of anilines is 3. The number of nitrogens with zero attached hydrogens (tertiary/aromatic N) is 1. The number of para-hydroxylation sites is 1. The largest absolute Gasteiger partial charge is 0.456 e. The van der Waals surface area contributed by atoms with E-state index in [1.165, 1.54) is 55.6 Å². The van der Waals surface area contributed by atoms with Gasteiger partial charge in [0.1, 0.15) is 11.2 Å². The van der Waals surface area contributed by atoms with Crippen LogP contribution in [0.2, 0.25) is 0 Å². The second kappa shape index (κ2) is 13.9. The topological polar surface area (TPSA) is 16.4 Å². The molecule has 280 valence electrons. The number of hydrogen-bond acceptors (Lipinski definition) is 2. The summed E-state index contributed by atoms with van der Waals surface area (Å²) in [5, 5.41) is 2.27. The summed E-state index contributed by atoms with van der Waals surface area (Å²) < 4.78 is 6.15. The van der Waals surface area contributed by atoms with Crippen molar-refractivity contribution in [3.8, 4) is 55.6 Å². The summed E-state index contributed by atoms with van der Waals surface area (Å²) in [6.45, 7) is 4.67. The van der Waals surface area contributed by atoms with Crippen LogP contribution >= 0.6 is 0 Å². The second-order valence-electron chi connectivity index (χ2n) is 16.2. The van der Waals surface area contributed by atoms with Gasteiger partial charge in [-0.05, 0) is 133 Å². The van der Waals surface area contributed by atoms with Gasteiger partial charge in [-0.15, -0.1) is 0 Å². The van der Waals surface area contributed by atoms with Crippen LogP contribution in [0.5, 0.6) is 0 Å². The van der Waals surface area contributed by atoms with Crippen molar-refractivity contribution in [3.63, 3.8) is 0 Å². The summed E-state index contributed by atoms with van der Waals surface area (Å²) in [4.78, 5) is 2.39. The van der Waals surface area contributed by atoms with E-state index in [9.17, 15) is 0 Å². The third-order valence-electron chi connectivity index (χ3n) is 12.3. The van der Waals surface area contributed by atoms with Gasteiger partial charge in [-0.2, -0.15) is 0 Å². The van der Waals surface area contributed by atoms with Crippen molar-refractivity contribution in [1.82, 2.24) is 0 Å². The molecule has 0 fully saturated rings. The van der Waals surface area contributed by atoms with E-state index >= 15 is 0 Å². The van der Waals surface area contributed by atoms with Gasteiger partial charge in [-0.3, -0.25) is 0 Å². The molecule has 0 aliphatic heterocycles. The Hall–Kier alpha value is -7.42. The molecule has 0 unspecified atom stereocenters. The number of hydrogen-bond donors (Lipinski definition) is 0. The molecule has 0 amide bonds. The quantitative estimate of drug-likeness (QED) is 0.161. The summed E-state index contributed by atoms with van der Waals surface area (Å²) in [6.07, 6.45) is 0. The molecular formula is C57H41NO. The number of benzene rings is 9. The van der Waals surface area contributed by atoms with Gasteiger partial charge in [0.2, 0.25) is 0 Å². The van der Waals surface area contributed by atoms with Crippen molar-refractivity contribution in [1.29, 1.82) is 0 Å². The van der Waals surface area contributed by atoms with E-state index in [1.807, 2.05) is 12.1 Å². The molecule has 1 heterocycles. The molecule has 2 heteroatoms. The molecule has 1 aliphatic rings. The Morgan fingerprint density at radius 1 is 0.322 bits per heavy atom. The van der Waals surface area contributed by atoms with Gasteiger partial charge in [-0.1, -0.05) is 159 Å². The summed E-state index contributed by atoms with van der Waals surface area (Å²) in [6, 6.07) is 77.0. The Balaban J connectivity index is 1.03. The second-order valence-corrected chi connectivity index (χ2v) is 16.2.